The third-order valence-corrected chi connectivity index (χ3v) is 3.13. The van der Waals surface area contributed by atoms with E-state index in [4.69, 9.17) is 0 Å². The van der Waals surface area contributed by atoms with Gasteiger partial charge in [0.05, 0.1) is 0 Å². The zero-order chi connectivity index (χ0) is 15.2. The molecule has 0 bridgehead atoms. The summed E-state index contributed by atoms with van der Waals surface area (Å²) >= 11 is 0. The lowest BCUT2D eigenvalue weighted by Crippen LogP contribution is -2.13. The van der Waals surface area contributed by atoms with Crippen LogP contribution in [0.4, 0.5) is 11.4 Å². The number of carbonyl (C=O) groups excluding carboxylic acids is 2. The normalized spacial score (nSPS) is 10.2. The largest absolute Gasteiger partial charge is 0.354 e. The number of hydrogen-bond donors (Lipinski definition) is 2. The summed E-state index contributed by atoms with van der Waals surface area (Å²) in [5, 5.41) is 5.52. The van der Waals surface area contributed by atoms with E-state index < -0.39 is 0 Å². The van der Waals surface area contributed by atoms with Crippen LogP contribution in [0.15, 0.2) is 42.6 Å². The molecule has 0 saturated carbocycles. The maximum atomic E-state index is 11.9. The average molecular weight is 285 g/mol. The first kappa shape index (κ1) is 14.8. The fourth-order valence-corrected chi connectivity index (χ4v) is 2.10. The van der Waals surface area contributed by atoms with Gasteiger partial charge in [-0.15, -0.1) is 0 Å². The van der Waals surface area contributed by atoms with Crippen molar-refractivity contribution in [2.24, 2.45) is 7.05 Å². The minimum atomic E-state index is -0.137. The summed E-state index contributed by atoms with van der Waals surface area (Å²) < 4.78 is 2.00. The first-order chi connectivity index (χ1) is 10.0. The molecule has 0 aliphatic heterocycles. The van der Waals surface area contributed by atoms with Crippen LogP contribution in [-0.4, -0.2) is 16.4 Å². The Kier molecular flexibility index (Phi) is 4.77. The lowest BCUT2D eigenvalue weighted by molar-refractivity contribution is -0.116. The number of benzene rings is 1. The van der Waals surface area contributed by atoms with E-state index >= 15 is 0 Å². The first-order valence-corrected chi connectivity index (χ1v) is 6.82. The van der Waals surface area contributed by atoms with Crippen LogP contribution in [0, 0.1) is 0 Å². The van der Waals surface area contributed by atoms with Crippen molar-refractivity contribution in [3.05, 3.63) is 48.3 Å². The fourth-order valence-electron chi connectivity index (χ4n) is 2.10. The molecule has 21 heavy (non-hydrogen) atoms. The van der Waals surface area contributed by atoms with E-state index in [0.717, 1.165) is 5.69 Å². The van der Waals surface area contributed by atoms with E-state index in [9.17, 15) is 9.59 Å². The molecule has 5 nitrogen and oxygen atoms in total. The topological polar surface area (TPSA) is 63.1 Å². The van der Waals surface area contributed by atoms with E-state index in [1.165, 1.54) is 6.92 Å². The van der Waals surface area contributed by atoms with E-state index in [2.05, 4.69) is 10.6 Å². The van der Waals surface area contributed by atoms with Gasteiger partial charge in [0.25, 0.3) is 0 Å². The maximum absolute atomic E-state index is 11.9. The van der Waals surface area contributed by atoms with Crippen LogP contribution in [0.2, 0.25) is 0 Å². The number of anilines is 2. The summed E-state index contributed by atoms with van der Waals surface area (Å²) in [5.41, 5.74) is 2.47. The predicted octanol–water partition coefficient (Wildman–Crippen LogP) is 2.55. The summed E-state index contributed by atoms with van der Waals surface area (Å²) in [6.07, 6.45) is 3.08. The second kappa shape index (κ2) is 6.74. The Morgan fingerprint density at radius 2 is 1.81 bits per heavy atom. The zero-order valence-corrected chi connectivity index (χ0v) is 12.2. The Balaban J connectivity index is 1.90. The van der Waals surface area contributed by atoms with Crippen molar-refractivity contribution in [2.75, 3.05) is 10.6 Å². The quantitative estimate of drug-likeness (QED) is 0.886. The molecule has 0 spiro atoms. The van der Waals surface area contributed by atoms with Crippen LogP contribution >= 0.6 is 0 Å². The molecule has 0 saturated heterocycles. The summed E-state index contributed by atoms with van der Waals surface area (Å²) in [7, 11) is 1.96. The summed E-state index contributed by atoms with van der Waals surface area (Å²) in [5.74, 6) is -0.182. The molecule has 2 rings (SSSR count). The van der Waals surface area contributed by atoms with Crippen LogP contribution in [-0.2, 0) is 23.1 Å². The second-order valence-corrected chi connectivity index (χ2v) is 4.92. The van der Waals surface area contributed by atoms with E-state index in [1.807, 2.05) is 29.9 Å². The molecule has 0 aliphatic rings. The number of nitrogens with zero attached hydrogens (tertiary/aromatic N) is 1. The minimum absolute atomic E-state index is 0.0452. The zero-order valence-electron chi connectivity index (χ0n) is 12.2. The van der Waals surface area contributed by atoms with Gasteiger partial charge < -0.3 is 15.2 Å². The lowest BCUT2D eigenvalue weighted by Gasteiger charge is -2.08. The number of carbonyl (C=O) groups is 2. The highest BCUT2D eigenvalue weighted by Crippen LogP contribution is 2.15. The molecule has 110 valence electrons. The van der Waals surface area contributed by atoms with Crippen molar-refractivity contribution in [1.82, 2.24) is 4.57 Å². The highest BCUT2D eigenvalue weighted by molar-refractivity contribution is 5.93. The first-order valence-electron chi connectivity index (χ1n) is 6.82. The van der Waals surface area contributed by atoms with Crippen molar-refractivity contribution in [3.8, 4) is 0 Å². The van der Waals surface area contributed by atoms with Gasteiger partial charge in [-0.2, -0.15) is 0 Å². The molecule has 0 atom stereocenters. The molecule has 2 N–H and O–H groups in total. The second-order valence-electron chi connectivity index (χ2n) is 4.92. The van der Waals surface area contributed by atoms with Crippen molar-refractivity contribution in [1.29, 1.82) is 0 Å². The van der Waals surface area contributed by atoms with Gasteiger partial charge in [0, 0.05) is 43.7 Å². The van der Waals surface area contributed by atoms with Gasteiger partial charge >= 0.3 is 0 Å². The highest BCUT2D eigenvalue weighted by Gasteiger charge is 2.05. The van der Waals surface area contributed by atoms with Crippen LogP contribution in [0.5, 0.6) is 0 Å². The van der Waals surface area contributed by atoms with Gasteiger partial charge in [0.2, 0.25) is 11.8 Å². The molecule has 0 aliphatic carbocycles. The van der Waals surface area contributed by atoms with Crippen LogP contribution in [0.3, 0.4) is 0 Å². The Labute approximate surface area is 124 Å². The monoisotopic (exact) mass is 285 g/mol. The van der Waals surface area contributed by atoms with Crippen molar-refractivity contribution in [3.63, 3.8) is 0 Å². The van der Waals surface area contributed by atoms with Crippen LogP contribution in [0.25, 0.3) is 0 Å². The van der Waals surface area contributed by atoms with Crippen molar-refractivity contribution < 1.29 is 9.59 Å². The maximum Gasteiger partial charge on any atom is 0.224 e. The Morgan fingerprint density at radius 3 is 2.43 bits per heavy atom. The number of nitrogens with one attached hydrogen (secondary N) is 2. The van der Waals surface area contributed by atoms with Crippen LogP contribution < -0.4 is 10.6 Å². The van der Waals surface area contributed by atoms with Crippen molar-refractivity contribution >= 4 is 23.2 Å². The smallest absolute Gasteiger partial charge is 0.224 e. The standard InChI is InChI=1S/C16H19N3O2/c1-12(20)17-13-5-3-6-14(11-13)18-16(21)9-8-15-7-4-10-19(15)2/h3-7,10-11H,8-9H2,1-2H3,(H,17,20)(H,18,21). The van der Waals surface area contributed by atoms with Gasteiger partial charge in [-0.25, -0.2) is 0 Å². The summed E-state index contributed by atoms with van der Waals surface area (Å²) in [6.45, 7) is 1.45. The average Bonchev–Trinajstić information content (AvgIpc) is 2.81. The molecule has 0 unspecified atom stereocenters. The molecule has 2 aromatic rings. The Bertz CT molecular complexity index is 646. The molecule has 1 heterocycles. The van der Waals surface area contributed by atoms with E-state index in [1.54, 1.807) is 24.3 Å². The van der Waals surface area contributed by atoms with Crippen molar-refractivity contribution in [2.45, 2.75) is 19.8 Å². The Morgan fingerprint density at radius 1 is 1.10 bits per heavy atom. The fraction of sp³-hybridized carbons (Fsp3) is 0.250. The Hall–Kier alpha value is -2.56. The third-order valence-electron chi connectivity index (χ3n) is 3.13. The molecule has 1 aromatic carbocycles. The number of hydrogen-bond acceptors (Lipinski definition) is 2. The SMILES string of the molecule is CC(=O)Nc1cccc(NC(=O)CCc2cccn2C)c1. The number of amides is 2. The molecule has 0 fully saturated rings. The van der Waals surface area contributed by atoms with Gasteiger partial charge in [0.1, 0.15) is 0 Å². The van der Waals surface area contributed by atoms with Gasteiger partial charge in [-0.1, -0.05) is 6.07 Å². The van der Waals surface area contributed by atoms with Gasteiger partial charge in [-0.05, 0) is 36.8 Å². The minimum Gasteiger partial charge on any atom is -0.354 e. The molecular formula is C16H19N3O2. The summed E-state index contributed by atoms with van der Waals surface area (Å²) in [6, 6.07) is 11.1. The van der Waals surface area contributed by atoms with Gasteiger partial charge in [0.15, 0.2) is 0 Å². The van der Waals surface area contributed by atoms with Crippen LogP contribution in [0.1, 0.15) is 19.0 Å². The predicted molar refractivity (Wildman–Crippen MR) is 83.1 cm³/mol. The third kappa shape index (κ3) is 4.49. The highest BCUT2D eigenvalue weighted by atomic mass is 16.2. The van der Waals surface area contributed by atoms with E-state index in [0.29, 0.717) is 24.2 Å². The number of aromatic nitrogens is 1. The lowest BCUT2D eigenvalue weighted by atomic mass is 10.2. The number of aryl methyl sites for hydroxylation is 2. The van der Waals surface area contributed by atoms with E-state index in [-0.39, 0.29) is 11.8 Å². The molecule has 2 amide bonds. The molecule has 0 radical (unpaired) electrons. The van der Waals surface area contributed by atoms with Gasteiger partial charge in [-0.3, -0.25) is 9.59 Å². The number of rotatable bonds is 5. The molecule has 5 heteroatoms. The molecule has 1 aromatic heterocycles. The summed E-state index contributed by atoms with van der Waals surface area (Å²) in [4.78, 5) is 23.0. The molecular weight excluding hydrogens is 266 g/mol.